The van der Waals surface area contributed by atoms with E-state index in [1.165, 1.54) is 0 Å². The Morgan fingerprint density at radius 3 is 3.00 bits per heavy atom. The van der Waals surface area contributed by atoms with Crippen LogP contribution in [-0.4, -0.2) is 22.3 Å². The van der Waals surface area contributed by atoms with E-state index in [0.29, 0.717) is 5.82 Å². The maximum Gasteiger partial charge on any atom is 0.153 e. The van der Waals surface area contributed by atoms with E-state index in [1.54, 1.807) is 19.5 Å². The third-order valence-electron chi connectivity index (χ3n) is 2.90. The highest BCUT2D eigenvalue weighted by molar-refractivity contribution is 5.92. The fourth-order valence-electron chi connectivity index (χ4n) is 1.98. The van der Waals surface area contributed by atoms with Gasteiger partial charge in [0.25, 0.3) is 0 Å². The number of nitrogens with zero attached hydrogens (tertiary/aromatic N) is 2. The summed E-state index contributed by atoms with van der Waals surface area (Å²) in [5, 5.41) is 7.75. The normalized spacial score (nSPS) is 10.7. The molecule has 0 saturated heterocycles. The minimum atomic E-state index is 0.495. The van der Waals surface area contributed by atoms with E-state index in [1.807, 2.05) is 24.3 Å². The van der Waals surface area contributed by atoms with Gasteiger partial charge in [0.2, 0.25) is 0 Å². The Morgan fingerprint density at radius 2 is 2.17 bits per heavy atom. The number of benzene rings is 1. The molecule has 1 aromatic carbocycles. The average Bonchev–Trinajstić information content (AvgIpc) is 2.80. The standard InChI is InChI=1S/C13H12N4O/c1-18-12-4-5-15-7-10(12)8-2-3-11-9(6-8)13(14)17-16-11/h2-7H,1H3,(H3,14,16,17). The van der Waals surface area contributed by atoms with Crippen molar-refractivity contribution in [1.82, 2.24) is 15.2 Å². The molecule has 3 N–H and O–H groups in total. The lowest BCUT2D eigenvalue weighted by Gasteiger charge is -2.07. The molecule has 0 unspecified atom stereocenters. The number of fused-ring (bicyclic) bond motifs is 1. The topological polar surface area (TPSA) is 76.8 Å². The van der Waals surface area contributed by atoms with Crippen LogP contribution < -0.4 is 10.5 Å². The molecule has 0 bridgehead atoms. The fourth-order valence-corrected chi connectivity index (χ4v) is 1.98. The molecule has 0 radical (unpaired) electrons. The number of nitrogens with two attached hydrogens (primary N) is 1. The van der Waals surface area contributed by atoms with Crippen molar-refractivity contribution in [3.63, 3.8) is 0 Å². The van der Waals surface area contributed by atoms with Crippen LogP contribution in [0.3, 0.4) is 0 Å². The van der Waals surface area contributed by atoms with Crippen LogP contribution in [0.15, 0.2) is 36.7 Å². The van der Waals surface area contributed by atoms with E-state index in [4.69, 9.17) is 10.5 Å². The summed E-state index contributed by atoms with van der Waals surface area (Å²) in [4.78, 5) is 4.13. The smallest absolute Gasteiger partial charge is 0.153 e. The van der Waals surface area contributed by atoms with Crippen LogP contribution in [-0.2, 0) is 0 Å². The second-order valence-electron chi connectivity index (χ2n) is 3.95. The fraction of sp³-hybridized carbons (Fsp3) is 0.0769. The highest BCUT2D eigenvalue weighted by Crippen LogP contribution is 2.31. The van der Waals surface area contributed by atoms with E-state index in [-0.39, 0.29) is 0 Å². The molecule has 0 aliphatic heterocycles. The van der Waals surface area contributed by atoms with Gasteiger partial charge in [-0.15, -0.1) is 0 Å². The molecule has 0 fully saturated rings. The molecule has 0 saturated carbocycles. The number of aromatic amines is 1. The number of aromatic nitrogens is 3. The summed E-state index contributed by atoms with van der Waals surface area (Å²) in [5.41, 5.74) is 8.65. The van der Waals surface area contributed by atoms with Gasteiger partial charge in [-0.1, -0.05) is 6.07 Å². The third kappa shape index (κ3) is 1.57. The van der Waals surface area contributed by atoms with Gasteiger partial charge < -0.3 is 10.5 Å². The predicted molar refractivity (Wildman–Crippen MR) is 70.3 cm³/mol. The van der Waals surface area contributed by atoms with Crippen LogP contribution in [0.5, 0.6) is 5.75 Å². The monoisotopic (exact) mass is 240 g/mol. The van der Waals surface area contributed by atoms with E-state index in [0.717, 1.165) is 27.8 Å². The highest BCUT2D eigenvalue weighted by Gasteiger charge is 2.08. The van der Waals surface area contributed by atoms with Crippen molar-refractivity contribution in [1.29, 1.82) is 0 Å². The van der Waals surface area contributed by atoms with Crippen molar-refractivity contribution in [2.45, 2.75) is 0 Å². The summed E-state index contributed by atoms with van der Waals surface area (Å²) in [6.07, 6.45) is 3.48. The molecule has 18 heavy (non-hydrogen) atoms. The van der Waals surface area contributed by atoms with Gasteiger partial charge in [0, 0.05) is 23.3 Å². The van der Waals surface area contributed by atoms with Gasteiger partial charge >= 0.3 is 0 Å². The van der Waals surface area contributed by atoms with Gasteiger partial charge in [0.05, 0.1) is 12.6 Å². The lowest BCUT2D eigenvalue weighted by atomic mass is 10.0. The highest BCUT2D eigenvalue weighted by atomic mass is 16.5. The first kappa shape index (κ1) is 10.6. The first-order valence-corrected chi connectivity index (χ1v) is 5.51. The number of ether oxygens (including phenoxy) is 1. The number of hydrogen-bond acceptors (Lipinski definition) is 4. The molecular formula is C13H12N4O. The second-order valence-corrected chi connectivity index (χ2v) is 3.95. The van der Waals surface area contributed by atoms with Crippen LogP contribution >= 0.6 is 0 Å². The Balaban J connectivity index is 2.21. The summed E-state index contributed by atoms with van der Waals surface area (Å²) < 4.78 is 5.33. The third-order valence-corrected chi connectivity index (χ3v) is 2.90. The van der Waals surface area contributed by atoms with E-state index >= 15 is 0 Å². The lowest BCUT2D eigenvalue weighted by molar-refractivity contribution is 0.416. The van der Waals surface area contributed by atoms with Gasteiger partial charge in [-0.2, -0.15) is 5.10 Å². The minimum Gasteiger partial charge on any atom is -0.496 e. The quantitative estimate of drug-likeness (QED) is 0.720. The number of hydrogen-bond donors (Lipinski definition) is 2. The second kappa shape index (κ2) is 4.03. The maximum atomic E-state index is 5.80. The molecule has 5 nitrogen and oxygen atoms in total. The summed E-state index contributed by atoms with van der Waals surface area (Å²) in [5.74, 6) is 1.28. The molecule has 0 spiro atoms. The molecule has 0 aliphatic rings. The molecule has 0 aliphatic carbocycles. The molecule has 0 amide bonds. The molecule has 90 valence electrons. The summed E-state index contributed by atoms with van der Waals surface area (Å²) >= 11 is 0. The van der Waals surface area contributed by atoms with Crippen LogP contribution in [0.4, 0.5) is 5.82 Å². The Morgan fingerprint density at radius 1 is 1.28 bits per heavy atom. The summed E-state index contributed by atoms with van der Waals surface area (Å²) in [6, 6.07) is 7.74. The predicted octanol–water partition coefficient (Wildman–Crippen LogP) is 2.22. The Labute approximate surface area is 104 Å². The number of rotatable bonds is 2. The number of pyridine rings is 1. The molecule has 2 heterocycles. The zero-order chi connectivity index (χ0) is 12.5. The molecule has 5 heteroatoms. The number of methoxy groups -OCH3 is 1. The van der Waals surface area contributed by atoms with Gasteiger partial charge in [-0.05, 0) is 23.8 Å². The number of H-pyrrole nitrogens is 1. The molecule has 0 atom stereocenters. The van der Waals surface area contributed by atoms with E-state index in [2.05, 4.69) is 15.2 Å². The molecular weight excluding hydrogens is 228 g/mol. The van der Waals surface area contributed by atoms with Crippen molar-refractivity contribution in [2.75, 3.05) is 12.8 Å². The van der Waals surface area contributed by atoms with Crippen molar-refractivity contribution in [3.05, 3.63) is 36.7 Å². The van der Waals surface area contributed by atoms with Crippen molar-refractivity contribution in [3.8, 4) is 16.9 Å². The zero-order valence-corrected chi connectivity index (χ0v) is 9.84. The number of nitrogen functional groups attached to an aromatic ring is 1. The number of nitrogens with one attached hydrogen (secondary N) is 1. The van der Waals surface area contributed by atoms with Crippen LogP contribution in [0.2, 0.25) is 0 Å². The van der Waals surface area contributed by atoms with Crippen LogP contribution in [0.25, 0.3) is 22.0 Å². The van der Waals surface area contributed by atoms with Crippen molar-refractivity contribution in [2.24, 2.45) is 0 Å². The minimum absolute atomic E-state index is 0.495. The van der Waals surface area contributed by atoms with Gasteiger partial charge in [0.15, 0.2) is 5.82 Å². The Bertz CT molecular complexity index is 705. The lowest BCUT2D eigenvalue weighted by Crippen LogP contribution is -1.89. The first-order valence-electron chi connectivity index (χ1n) is 5.51. The average molecular weight is 240 g/mol. The largest absolute Gasteiger partial charge is 0.496 e. The van der Waals surface area contributed by atoms with Crippen LogP contribution in [0.1, 0.15) is 0 Å². The van der Waals surface area contributed by atoms with E-state index < -0.39 is 0 Å². The summed E-state index contributed by atoms with van der Waals surface area (Å²) in [7, 11) is 1.64. The van der Waals surface area contributed by atoms with Crippen LogP contribution in [0, 0.1) is 0 Å². The van der Waals surface area contributed by atoms with Crippen molar-refractivity contribution >= 4 is 16.7 Å². The zero-order valence-electron chi connectivity index (χ0n) is 9.84. The van der Waals surface area contributed by atoms with E-state index in [9.17, 15) is 0 Å². The SMILES string of the molecule is COc1ccncc1-c1ccc2[nH]nc(N)c2c1. The number of anilines is 1. The van der Waals surface area contributed by atoms with Gasteiger partial charge in [-0.25, -0.2) is 0 Å². The maximum absolute atomic E-state index is 5.80. The first-order chi connectivity index (χ1) is 8.79. The Kier molecular flexibility index (Phi) is 2.37. The van der Waals surface area contributed by atoms with Crippen molar-refractivity contribution < 1.29 is 4.74 Å². The molecule has 3 rings (SSSR count). The summed E-state index contributed by atoms with van der Waals surface area (Å²) in [6.45, 7) is 0. The Hall–Kier alpha value is -2.56. The van der Waals surface area contributed by atoms with Gasteiger partial charge in [-0.3, -0.25) is 10.1 Å². The molecule has 2 aromatic heterocycles. The van der Waals surface area contributed by atoms with Gasteiger partial charge in [0.1, 0.15) is 5.75 Å². The molecule has 3 aromatic rings.